The number of esters is 1. The number of methoxy groups -OCH3 is 1. The number of nitrogens with one attached hydrogen (secondary N) is 3. The summed E-state index contributed by atoms with van der Waals surface area (Å²) in [5, 5.41) is 21.3. The molecule has 11 nitrogen and oxygen atoms in total. The van der Waals surface area contributed by atoms with Gasteiger partial charge in [-0.25, -0.2) is 9.59 Å². The summed E-state index contributed by atoms with van der Waals surface area (Å²) in [5.41, 5.74) is 5.20. The molecule has 1 heterocycles. The number of carbonyl (C=O) groups excluding carboxylic acids is 2. The Balaban J connectivity index is 1.40. The maximum Gasteiger partial charge on any atom is 0.337 e. The highest BCUT2D eigenvalue weighted by Gasteiger charge is 2.32. The van der Waals surface area contributed by atoms with Gasteiger partial charge in [-0.1, -0.05) is 46.9 Å². The second kappa shape index (κ2) is 15.7. The predicted octanol–water partition coefficient (Wildman–Crippen LogP) is 5.75. The van der Waals surface area contributed by atoms with E-state index in [1.54, 1.807) is 62.4 Å². The van der Waals surface area contributed by atoms with Crippen molar-refractivity contribution < 1.29 is 33.6 Å². The molecule has 14 heteroatoms. The van der Waals surface area contributed by atoms with Crippen LogP contribution in [0.1, 0.15) is 36.6 Å². The minimum atomic E-state index is -1.20. The zero-order valence-electron chi connectivity index (χ0n) is 24.5. The van der Waals surface area contributed by atoms with E-state index in [-0.39, 0.29) is 18.8 Å². The van der Waals surface area contributed by atoms with Crippen LogP contribution in [0.4, 0.5) is 4.79 Å². The number of ether oxygens (including phenoxy) is 4. The highest BCUT2D eigenvalue weighted by molar-refractivity contribution is 6.42. The molecule has 0 bridgehead atoms. The number of benzene rings is 3. The van der Waals surface area contributed by atoms with Crippen molar-refractivity contribution in [2.75, 3.05) is 20.3 Å². The monoisotopic (exact) mass is 676 g/mol. The lowest BCUT2D eigenvalue weighted by atomic mass is 9.95. The van der Waals surface area contributed by atoms with Crippen LogP contribution in [0, 0.1) is 0 Å². The van der Waals surface area contributed by atoms with Crippen LogP contribution in [0.3, 0.4) is 0 Å². The molecule has 2 amide bonds. The lowest BCUT2D eigenvalue weighted by molar-refractivity contribution is -0.136. The fourth-order valence-corrected chi connectivity index (χ4v) is 4.86. The Morgan fingerprint density at radius 3 is 2.53 bits per heavy atom. The van der Waals surface area contributed by atoms with Gasteiger partial charge in [0.15, 0.2) is 17.7 Å². The third-order valence-electron chi connectivity index (χ3n) is 6.45. The third-order valence-corrected chi connectivity index (χ3v) is 7.42. The molecule has 4 N–H and O–H groups in total. The molecular formula is C31H31Cl3N4O7. The molecule has 0 aromatic heterocycles. The zero-order chi connectivity index (χ0) is 32.5. The molecule has 0 saturated heterocycles. The molecule has 3 aromatic carbocycles. The SMILES string of the molecule is CCOc1cc([C@H]2NC(=O)NC(C)=C2C(=O)OC)ccc1OC[C@H](O)N/N=C/c1cc(Cl)ccc1OCc1ccc(Cl)c(Cl)c1. The number of aliphatic hydroxyl groups is 1. The number of rotatable bonds is 13. The maximum atomic E-state index is 12.5. The highest BCUT2D eigenvalue weighted by Crippen LogP contribution is 2.35. The van der Waals surface area contributed by atoms with Gasteiger partial charge in [-0.3, -0.25) is 5.43 Å². The second-order valence-electron chi connectivity index (χ2n) is 9.63. The van der Waals surface area contributed by atoms with E-state index >= 15 is 0 Å². The van der Waals surface area contributed by atoms with Crippen LogP contribution in [0.5, 0.6) is 17.2 Å². The van der Waals surface area contributed by atoms with Gasteiger partial charge >= 0.3 is 12.0 Å². The van der Waals surface area contributed by atoms with Crippen molar-refractivity contribution in [3.05, 3.63) is 97.6 Å². The number of nitrogens with zero attached hydrogens (tertiary/aromatic N) is 1. The Hall–Kier alpha value is -4.16. The summed E-state index contributed by atoms with van der Waals surface area (Å²) in [6.45, 7) is 3.78. The number of hydrogen-bond acceptors (Lipinski definition) is 9. The van der Waals surface area contributed by atoms with E-state index < -0.39 is 24.3 Å². The quantitative estimate of drug-likeness (QED) is 0.0777. The average molecular weight is 678 g/mol. The molecule has 0 saturated carbocycles. The summed E-state index contributed by atoms with van der Waals surface area (Å²) in [4.78, 5) is 24.6. The summed E-state index contributed by atoms with van der Waals surface area (Å²) >= 11 is 18.3. The van der Waals surface area contributed by atoms with E-state index in [0.29, 0.717) is 55.7 Å². The van der Waals surface area contributed by atoms with Gasteiger partial charge in [0.2, 0.25) is 0 Å². The van der Waals surface area contributed by atoms with E-state index in [2.05, 4.69) is 21.2 Å². The lowest BCUT2D eigenvalue weighted by Gasteiger charge is -2.28. The Bertz CT molecular complexity index is 1620. The topological polar surface area (TPSA) is 140 Å². The molecule has 2 atom stereocenters. The molecule has 0 fully saturated rings. The van der Waals surface area contributed by atoms with Crippen molar-refractivity contribution in [1.82, 2.24) is 16.1 Å². The van der Waals surface area contributed by atoms with E-state index in [9.17, 15) is 14.7 Å². The second-order valence-corrected chi connectivity index (χ2v) is 10.9. The van der Waals surface area contributed by atoms with Crippen molar-refractivity contribution in [2.45, 2.75) is 32.7 Å². The molecule has 0 aliphatic carbocycles. The molecule has 45 heavy (non-hydrogen) atoms. The first-order valence-electron chi connectivity index (χ1n) is 13.7. The van der Waals surface area contributed by atoms with Crippen molar-refractivity contribution in [2.24, 2.45) is 5.10 Å². The number of hydrazone groups is 1. The van der Waals surface area contributed by atoms with Crippen molar-refractivity contribution in [1.29, 1.82) is 0 Å². The van der Waals surface area contributed by atoms with Crippen LogP contribution in [0.15, 0.2) is 71.0 Å². The van der Waals surface area contributed by atoms with Gasteiger partial charge in [0, 0.05) is 16.3 Å². The van der Waals surface area contributed by atoms with E-state index in [1.807, 2.05) is 6.07 Å². The average Bonchev–Trinajstić information content (AvgIpc) is 3.01. The number of urea groups is 1. The highest BCUT2D eigenvalue weighted by atomic mass is 35.5. The molecule has 238 valence electrons. The fourth-order valence-electron chi connectivity index (χ4n) is 4.36. The Morgan fingerprint density at radius 1 is 1.02 bits per heavy atom. The van der Waals surface area contributed by atoms with Gasteiger partial charge in [0.1, 0.15) is 19.0 Å². The van der Waals surface area contributed by atoms with Gasteiger partial charge in [-0.15, -0.1) is 0 Å². The minimum absolute atomic E-state index is 0.191. The standard InChI is InChI=1S/C31H31Cl3N4O7/c1-4-43-26-13-19(29-28(30(40)42-3)17(2)36-31(41)37-29)6-9-25(26)45-16-27(39)38-35-14-20-12-21(32)7-10-24(20)44-15-18-5-8-22(33)23(34)11-18/h5-14,27,29,38-39H,4,15-16H2,1-3H3,(H2,36,37,41)/b35-14+/t27-,29+/m0/s1. The first kappa shape index (κ1) is 33.7. The zero-order valence-corrected chi connectivity index (χ0v) is 26.8. The summed E-state index contributed by atoms with van der Waals surface area (Å²) in [7, 11) is 1.27. The van der Waals surface area contributed by atoms with Gasteiger partial charge in [-0.2, -0.15) is 5.10 Å². The minimum Gasteiger partial charge on any atom is -0.490 e. The summed E-state index contributed by atoms with van der Waals surface area (Å²) in [6.07, 6.45) is 0.261. The molecular weight excluding hydrogens is 647 g/mol. The molecule has 0 unspecified atom stereocenters. The van der Waals surface area contributed by atoms with Crippen LogP contribution in [0.2, 0.25) is 15.1 Å². The smallest absolute Gasteiger partial charge is 0.337 e. The van der Waals surface area contributed by atoms with Crippen LogP contribution in [0.25, 0.3) is 0 Å². The Labute approximate surface area is 275 Å². The normalized spacial score (nSPS) is 15.3. The van der Waals surface area contributed by atoms with E-state index in [4.69, 9.17) is 53.8 Å². The fraction of sp³-hybridized carbons (Fsp3) is 0.258. The van der Waals surface area contributed by atoms with Gasteiger partial charge < -0.3 is 34.7 Å². The largest absolute Gasteiger partial charge is 0.490 e. The number of allylic oxidation sites excluding steroid dienone is 1. The van der Waals surface area contributed by atoms with Gasteiger partial charge in [-0.05, 0) is 67.4 Å². The first-order valence-corrected chi connectivity index (χ1v) is 14.8. The molecule has 1 aliphatic heterocycles. The number of amides is 2. The van der Waals surface area contributed by atoms with E-state index in [1.165, 1.54) is 13.3 Å². The Kier molecular flexibility index (Phi) is 11.8. The van der Waals surface area contributed by atoms with Crippen LogP contribution in [-0.2, 0) is 16.1 Å². The third kappa shape index (κ3) is 8.95. The summed E-state index contributed by atoms with van der Waals surface area (Å²) in [5.74, 6) is 0.608. The van der Waals surface area contributed by atoms with E-state index in [0.717, 1.165) is 5.56 Å². The first-order chi connectivity index (χ1) is 21.6. The maximum absolute atomic E-state index is 12.5. The number of carbonyl (C=O) groups is 2. The summed E-state index contributed by atoms with van der Waals surface area (Å²) in [6, 6.07) is 14.0. The van der Waals surface area contributed by atoms with Crippen molar-refractivity contribution >= 4 is 53.0 Å². The van der Waals surface area contributed by atoms with Gasteiger partial charge in [0.25, 0.3) is 0 Å². The predicted molar refractivity (Wildman–Crippen MR) is 171 cm³/mol. The molecule has 3 aromatic rings. The molecule has 0 spiro atoms. The Morgan fingerprint density at radius 2 is 1.80 bits per heavy atom. The van der Waals surface area contributed by atoms with Crippen molar-refractivity contribution in [3.63, 3.8) is 0 Å². The van der Waals surface area contributed by atoms with Gasteiger partial charge in [0.05, 0.1) is 41.6 Å². The van der Waals surface area contributed by atoms with Crippen LogP contribution >= 0.6 is 34.8 Å². The lowest BCUT2D eigenvalue weighted by Crippen LogP contribution is -2.45. The van der Waals surface area contributed by atoms with Crippen LogP contribution < -0.4 is 30.3 Å². The number of halogens is 3. The molecule has 1 aliphatic rings. The summed E-state index contributed by atoms with van der Waals surface area (Å²) < 4.78 is 22.4. The molecule has 0 radical (unpaired) electrons. The number of hydrogen-bond donors (Lipinski definition) is 4. The van der Waals surface area contributed by atoms with Crippen molar-refractivity contribution in [3.8, 4) is 17.2 Å². The molecule has 4 rings (SSSR count). The number of aliphatic hydroxyl groups excluding tert-OH is 1. The van der Waals surface area contributed by atoms with Crippen LogP contribution in [-0.4, -0.2) is 49.9 Å².